The minimum absolute atomic E-state index is 0.0452. The van der Waals surface area contributed by atoms with Gasteiger partial charge in [-0.3, -0.25) is 9.59 Å². The van der Waals surface area contributed by atoms with Gasteiger partial charge in [0.1, 0.15) is 11.0 Å². The van der Waals surface area contributed by atoms with Gasteiger partial charge in [-0.25, -0.2) is 18.1 Å². The van der Waals surface area contributed by atoms with Gasteiger partial charge in [0.05, 0.1) is 29.9 Å². The summed E-state index contributed by atoms with van der Waals surface area (Å²) in [6.45, 7) is 2.17. The highest BCUT2D eigenvalue weighted by Gasteiger charge is 2.37. The molecular weight excluding hydrogens is 609 g/mol. The average Bonchev–Trinajstić information content (AvgIpc) is 3.64. The Kier molecular flexibility index (Phi) is 7.30. The van der Waals surface area contributed by atoms with Crippen LogP contribution in [0.1, 0.15) is 32.4 Å². The van der Waals surface area contributed by atoms with Crippen molar-refractivity contribution in [3.63, 3.8) is 0 Å². The van der Waals surface area contributed by atoms with E-state index in [4.69, 9.17) is 9.15 Å². The second kappa shape index (κ2) is 10.8. The monoisotopic (exact) mass is 632 g/mol. The molecular formula is C25H24N6O8S3. The number of benzene rings is 2. The Morgan fingerprint density at radius 2 is 1.83 bits per heavy atom. The number of carbonyl (C=O) groups is 2. The van der Waals surface area contributed by atoms with E-state index in [1.165, 1.54) is 0 Å². The molecule has 0 radical (unpaired) electrons. The smallest absolute Gasteiger partial charge is 0.302 e. The van der Waals surface area contributed by atoms with Crippen molar-refractivity contribution in [2.24, 2.45) is 0 Å². The number of rotatable bonds is 7. The maximum atomic E-state index is 12.8. The first-order valence-electron chi connectivity index (χ1n) is 12.7. The molecule has 2 aliphatic heterocycles. The van der Waals surface area contributed by atoms with Crippen LogP contribution in [-0.2, 0) is 36.0 Å². The van der Waals surface area contributed by atoms with Crippen LogP contribution in [0.25, 0.3) is 21.3 Å². The summed E-state index contributed by atoms with van der Waals surface area (Å²) < 4.78 is 64.3. The van der Waals surface area contributed by atoms with Crippen LogP contribution in [0.5, 0.6) is 0 Å². The van der Waals surface area contributed by atoms with Gasteiger partial charge in [0, 0.05) is 24.9 Å². The first kappa shape index (κ1) is 28.4. The predicted molar refractivity (Wildman–Crippen MR) is 150 cm³/mol. The highest BCUT2D eigenvalue weighted by atomic mass is 32.2. The molecule has 17 heteroatoms. The Morgan fingerprint density at radius 1 is 1.12 bits per heavy atom. The zero-order valence-corrected chi connectivity index (χ0v) is 24.5. The summed E-state index contributed by atoms with van der Waals surface area (Å²) in [6, 6.07) is 11.7. The van der Waals surface area contributed by atoms with Crippen molar-refractivity contribution in [2.75, 3.05) is 32.6 Å². The van der Waals surface area contributed by atoms with Crippen molar-refractivity contribution in [1.82, 2.24) is 29.5 Å². The van der Waals surface area contributed by atoms with Crippen LogP contribution in [0.3, 0.4) is 0 Å². The summed E-state index contributed by atoms with van der Waals surface area (Å²) in [5.41, 5.74) is 2.89. The lowest BCUT2D eigenvalue weighted by molar-refractivity contribution is -0.120. The van der Waals surface area contributed by atoms with E-state index in [9.17, 15) is 26.4 Å². The molecule has 220 valence electrons. The summed E-state index contributed by atoms with van der Waals surface area (Å²) in [5.74, 6) is -1.18. The molecule has 4 heterocycles. The van der Waals surface area contributed by atoms with Crippen molar-refractivity contribution >= 4 is 53.4 Å². The molecule has 2 saturated heterocycles. The van der Waals surface area contributed by atoms with Gasteiger partial charge in [-0.1, -0.05) is 18.2 Å². The molecule has 1 unspecified atom stereocenters. The first-order valence-corrected chi connectivity index (χ1v) is 17.0. The van der Waals surface area contributed by atoms with E-state index in [1.54, 1.807) is 27.8 Å². The minimum Gasteiger partial charge on any atom is -0.423 e. The van der Waals surface area contributed by atoms with E-state index in [1.807, 2.05) is 24.3 Å². The second-order valence-electron chi connectivity index (χ2n) is 9.80. The molecule has 2 fully saturated rings. The van der Waals surface area contributed by atoms with Gasteiger partial charge >= 0.3 is 10.2 Å². The maximum absolute atomic E-state index is 12.8. The van der Waals surface area contributed by atoms with Crippen LogP contribution < -0.4 is 9.44 Å². The van der Waals surface area contributed by atoms with E-state index >= 15 is 0 Å². The van der Waals surface area contributed by atoms with Gasteiger partial charge in [-0.2, -0.15) is 13.1 Å². The van der Waals surface area contributed by atoms with Crippen molar-refractivity contribution in [3.8, 4) is 11.1 Å². The SMILES string of the molecule is CS(=O)(=O)C(c1nnc(C[C@@H]2NS(=O)(=O)NC2=O)o1)c1nc2ccc(-c3ccc(C(=O)N4CCOCC4)cc3)cc2s1. The van der Waals surface area contributed by atoms with Crippen LogP contribution >= 0.6 is 11.3 Å². The van der Waals surface area contributed by atoms with Crippen molar-refractivity contribution in [1.29, 1.82) is 0 Å². The molecule has 14 nitrogen and oxygen atoms in total. The molecule has 2 aliphatic rings. The lowest BCUT2D eigenvalue weighted by Crippen LogP contribution is -2.40. The molecule has 0 bridgehead atoms. The van der Waals surface area contributed by atoms with E-state index in [0.29, 0.717) is 37.4 Å². The molecule has 6 rings (SSSR count). The second-order valence-corrected chi connectivity index (χ2v) is 14.4. The Balaban J connectivity index is 1.24. The highest BCUT2D eigenvalue weighted by molar-refractivity contribution is 7.91. The van der Waals surface area contributed by atoms with Crippen molar-refractivity contribution in [2.45, 2.75) is 17.7 Å². The summed E-state index contributed by atoms with van der Waals surface area (Å²) >= 11 is 1.16. The third kappa shape index (κ3) is 5.78. The number of ether oxygens (including phenoxy) is 1. The van der Waals surface area contributed by atoms with Gasteiger partial charge in [-0.15, -0.1) is 21.5 Å². The number of thiazole rings is 1. The zero-order chi connectivity index (χ0) is 29.6. The molecule has 2 N–H and O–H groups in total. The molecule has 2 atom stereocenters. The Bertz CT molecular complexity index is 1900. The van der Waals surface area contributed by atoms with Gasteiger partial charge in [0.25, 0.3) is 11.8 Å². The Morgan fingerprint density at radius 3 is 2.50 bits per heavy atom. The molecule has 0 spiro atoms. The standard InChI is InChI=1S/C25H24N6O8S3/c1-41(34,35)21(23-28-27-20(39-23)13-18-22(32)30-42(36,37)29-18)24-26-17-7-6-16(12-19(17)40-24)14-2-4-15(5-3-14)25(33)31-8-10-38-11-9-31/h2-7,12,18,21,29H,8-11,13H2,1H3,(H,30,32)/t18-,21?/m0/s1. The molecule has 0 saturated carbocycles. The Hall–Kier alpha value is -3.77. The van der Waals surface area contributed by atoms with Crippen LogP contribution in [0.2, 0.25) is 0 Å². The summed E-state index contributed by atoms with van der Waals surface area (Å²) in [5, 5.41) is 6.56. The zero-order valence-electron chi connectivity index (χ0n) is 22.0. The lowest BCUT2D eigenvalue weighted by atomic mass is 10.0. The van der Waals surface area contributed by atoms with Gasteiger partial charge in [0.15, 0.2) is 15.1 Å². The number of fused-ring (bicyclic) bond motifs is 1. The number of hydrogen-bond donors (Lipinski definition) is 2. The van der Waals surface area contributed by atoms with E-state index in [-0.39, 0.29) is 29.1 Å². The third-order valence-electron chi connectivity index (χ3n) is 6.76. The number of nitrogens with one attached hydrogen (secondary N) is 2. The number of hydrogen-bond acceptors (Lipinski definition) is 12. The van der Waals surface area contributed by atoms with Gasteiger partial charge < -0.3 is 14.1 Å². The summed E-state index contributed by atoms with van der Waals surface area (Å²) in [7, 11) is -7.78. The van der Waals surface area contributed by atoms with Crippen LogP contribution in [0, 0.1) is 0 Å². The largest absolute Gasteiger partial charge is 0.423 e. The van der Waals surface area contributed by atoms with E-state index in [2.05, 4.69) is 19.9 Å². The highest BCUT2D eigenvalue weighted by Crippen LogP contribution is 2.36. The lowest BCUT2D eigenvalue weighted by Gasteiger charge is -2.26. The fourth-order valence-electron chi connectivity index (χ4n) is 4.70. The molecule has 0 aliphatic carbocycles. The number of sulfone groups is 1. The summed E-state index contributed by atoms with van der Waals surface area (Å²) in [6.07, 6.45) is 0.770. The predicted octanol–water partition coefficient (Wildman–Crippen LogP) is 0.828. The first-order chi connectivity index (χ1) is 20.0. The molecule has 2 aromatic carbocycles. The normalized spacial score (nSPS) is 19.6. The summed E-state index contributed by atoms with van der Waals surface area (Å²) in [4.78, 5) is 30.9. The number of morpholine rings is 1. The minimum atomic E-state index is -3.95. The number of aromatic nitrogens is 3. The third-order valence-corrected chi connectivity index (χ3v) is 10.3. The van der Waals surface area contributed by atoms with Crippen molar-refractivity contribution in [3.05, 3.63) is 64.8 Å². The number of amides is 2. The quantitative estimate of drug-likeness (QED) is 0.293. The van der Waals surface area contributed by atoms with Crippen molar-refractivity contribution < 1.29 is 35.6 Å². The fraction of sp³-hybridized carbons (Fsp3) is 0.320. The Labute approximate surface area is 244 Å². The van der Waals surface area contributed by atoms with Crippen LogP contribution in [0.15, 0.2) is 46.9 Å². The molecule has 42 heavy (non-hydrogen) atoms. The number of nitrogens with zero attached hydrogens (tertiary/aromatic N) is 4. The maximum Gasteiger partial charge on any atom is 0.302 e. The number of carbonyl (C=O) groups excluding carboxylic acids is 2. The fourth-order valence-corrected chi connectivity index (χ4v) is 8.26. The molecule has 2 aromatic heterocycles. The van der Waals surface area contributed by atoms with Crippen LogP contribution in [-0.4, -0.2) is 87.3 Å². The van der Waals surface area contributed by atoms with E-state index < -0.39 is 37.2 Å². The topological polar surface area (TPSA) is 191 Å². The van der Waals surface area contributed by atoms with Gasteiger partial charge in [0.2, 0.25) is 11.8 Å². The van der Waals surface area contributed by atoms with Crippen LogP contribution in [0.4, 0.5) is 0 Å². The molecule has 4 aromatic rings. The van der Waals surface area contributed by atoms with E-state index in [0.717, 1.165) is 33.4 Å². The van der Waals surface area contributed by atoms with Gasteiger partial charge in [-0.05, 0) is 35.4 Å². The molecule has 2 amide bonds. The average molecular weight is 633 g/mol.